The summed E-state index contributed by atoms with van der Waals surface area (Å²) in [6, 6.07) is 8.00. The van der Waals surface area contributed by atoms with Crippen molar-refractivity contribution in [2.75, 3.05) is 7.05 Å². The molecule has 122 valence electrons. The molecule has 1 amide bonds. The third-order valence-corrected chi connectivity index (χ3v) is 3.95. The molecule has 0 saturated carbocycles. The highest BCUT2D eigenvalue weighted by Crippen LogP contribution is 2.14. The Balaban J connectivity index is 1.84. The van der Waals surface area contributed by atoms with E-state index in [4.69, 9.17) is 4.42 Å². The number of nitrogens with zero attached hydrogens (tertiary/aromatic N) is 3. The third kappa shape index (κ3) is 3.17. The number of carbonyl (C=O) groups excluding carboxylic acids is 1. The maximum Gasteiger partial charge on any atom is 0.289 e. The van der Waals surface area contributed by atoms with E-state index in [-0.39, 0.29) is 23.1 Å². The second-order valence-corrected chi connectivity index (χ2v) is 5.64. The minimum atomic E-state index is -0.339. The number of fused-ring (bicyclic) bond motifs is 1. The molecule has 0 aliphatic carbocycles. The number of carbonyl (C=O) groups is 1. The minimum Gasteiger partial charge on any atom is -0.451 e. The summed E-state index contributed by atoms with van der Waals surface area (Å²) in [5.74, 6) is -0.304. The van der Waals surface area contributed by atoms with E-state index >= 15 is 0 Å². The van der Waals surface area contributed by atoms with Crippen LogP contribution in [0.5, 0.6) is 0 Å². The third-order valence-electron chi connectivity index (χ3n) is 3.95. The number of hydrogen-bond acceptors (Lipinski definition) is 5. The van der Waals surface area contributed by atoms with Crippen LogP contribution in [0.25, 0.3) is 11.0 Å². The van der Waals surface area contributed by atoms with Gasteiger partial charge in [0.05, 0.1) is 11.1 Å². The Bertz CT molecular complexity index is 921. The zero-order chi connectivity index (χ0) is 17.1. The molecular weight excluding hydrogens is 306 g/mol. The first kappa shape index (κ1) is 15.9. The van der Waals surface area contributed by atoms with Gasteiger partial charge in [-0.3, -0.25) is 19.6 Å². The Kier molecular flexibility index (Phi) is 4.37. The summed E-state index contributed by atoms with van der Waals surface area (Å²) in [5.41, 5.74) is 0.975. The van der Waals surface area contributed by atoms with Gasteiger partial charge in [-0.05, 0) is 19.1 Å². The van der Waals surface area contributed by atoms with Gasteiger partial charge in [0.15, 0.2) is 11.2 Å². The highest BCUT2D eigenvalue weighted by molar-refractivity contribution is 5.93. The van der Waals surface area contributed by atoms with Crippen LogP contribution < -0.4 is 5.43 Å². The van der Waals surface area contributed by atoms with Crippen LogP contribution in [0.4, 0.5) is 0 Å². The monoisotopic (exact) mass is 323 g/mol. The van der Waals surface area contributed by atoms with Gasteiger partial charge in [0.1, 0.15) is 5.58 Å². The lowest BCUT2D eigenvalue weighted by molar-refractivity contribution is 0.0711. The van der Waals surface area contributed by atoms with Gasteiger partial charge in [-0.15, -0.1) is 0 Å². The molecule has 6 heteroatoms. The largest absolute Gasteiger partial charge is 0.451 e. The molecule has 0 fully saturated rings. The lowest BCUT2D eigenvalue weighted by Gasteiger charge is -2.24. The van der Waals surface area contributed by atoms with E-state index in [0.717, 1.165) is 5.69 Å². The quantitative estimate of drug-likeness (QED) is 0.736. The van der Waals surface area contributed by atoms with Crippen molar-refractivity contribution in [3.05, 3.63) is 70.6 Å². The Labute approximate surface area is 138 Å². The fraction of sp³-hybridized carbons (Fsp3) is 0.222. The van der Waals surface area contributed by atoms with Crippen LogP contribution in [0.1, 0.15) is 23.2 Å². The van der Waals surface area contributed by atoms with Crippen molar-refractivity contribution in [3.63, 3.8) is 0 Å². The zero-order valence-corrected chi connectivity index (χ0v) is 13.5. The highest BCUT2D eigenvalue weighted by atomic mass is 16.3. The number of rotatable bonds is 4. The lowest BCUT2D eigenvalue weighted by Crippen LogP contribution is -2.37. The van der Waals surface area contributed by atoms with Gasteiger partial charge >= 0.3 is 0 Å². The van der Waals surface area contributed by atoms with E-state index in [1.165, 1.54) is 6.07 Å². The van der Waals surface area contributed by atoms with Crippen LogP contribution >= 0.6 is 0 Å². The zero-order valence-electron chi connectivity index (χ0n) is 13.5. The summed E-state index contributed by atoms with van der Waals surface area (Å²) < 4.78 is 5.61. The van der Waals surface area contributed by atoms with Crippen molar-refractivity contribution in [2.24, 2.45) is 0 Å². The molecule has 0 saturated heterocycles. The molecule has 1 unspecified atom stereocenters. The van der Waals surface area contributed by atoms with E-state index < -0.39 is 0 Å². The summed E-state index contributed by atoms with van der Waals surface area (Å²) in [7, 11) is 1.68. The predicted octanol–water partition coefficient (Wildman–Crippen LogP) is 2.29. The SMILES string of the molecule is CC(Cc1cnccn1)N(C)C(=O)c1cc(=O)c2ccccc2o1. The first-order valence-electron chi connectivity index (χ1n) is 7.61. The van der Waals surface area contributed by atoms with E-state index in [2.05, 4.69) is 9.97 Å². The average molecular weight is 323 g/mol. The number of benzene rings is 1. The molecule has 2 aromatic heterocycles. The molecule has 3 rings (SSSR count). The molecule has 6 nitrogen and oxygen atoms in total. The molecule has 1 atom stereocenters. The summed E-state index contributed by atoms with van der Waals surface area (Å²) >= 11 is 0. The first-order valence-corrected chi connectivity index (χ1v) is 7.61. The van der Waals surface area contributed by atoms with Crippen LogP contribution in [0.2, 0.25) is 0 Å². The maximum atomic E-state index is 12.6. The van der Waals surface area contributed by atoms with Gasteiger partial charge in [0, 0.05) is 44.2 Å². The number of amides is 1. The molecule has 0 bridgehead atoms. The van der Waals surface area contributed by atoms with Crippen molar-refractivity contribution in [1.82, 2.24) is 14.9 Å². The van der Waals surface area contributed by atoms with Gasteiger partial charge in [0.2, 0.25) is 0 Å². The molecule has 0 aliphatic heterocycles. The smallest absolute Gasteiger partial charge is 0.289 e. The average Bonchev–Trinajstić information content (AvgIpc) is 2.61. The Morgan fingerprint density at radius 1 is 1.29 bits per heavy atom. The van der Waals surface area contributed by atoms with Crippen molar-refractivity contribution in [1.29, 1.82) is 0 Å². The van der Waals surface area contributed by atoms with Gasteiger partial charge in [-0.2, -0.15) is 0 Å². The standard InChI is InChI=1S/C18H17N3O3/c1-12(9-13-11-19-7-8-20-13)21(2)18(23)17-10-15(22)14-5-3-4-6-16(14)24-17/h3-8,10-12H,9H2,1-2H3. The second kappa shape index (κ2) is 6.62. The van der Waals surface area contributed by atoms with Crippen molar-refractivity contribution < 1.29 is 9.21 Å². The van der Waals surface area contributed by atoms with Gasteiger partial charge in [-0.1, -0.05) is 12.1 Å². The van der Waals surface area contributed by atoms with Gasteiger partial charge in [-0.25, -0.2) is 0 Å². The molecule has 1 aromatic carbocycles. The van der Waals surface area contributed by atoms with Crippen molar-refractivity contribution in [3.8, 4) is 0 Å². The number of likely N-dealkylation sites (N-methyl/N-ethyl adjacent to an activating group) is 1. The van der Waals surface area contributed by atoms with Gasteiger partial charge in [0.25, 0.3) is 5.91 Å². The summed E-state index contributed by atoms with van der Waals surface area (Å²) in [6.45, 7) is 1.91. The van der Waals surface area contributed by atoms with Crippen molar-refractivity contribution in [2.45, 2.75) is 19.4 Å². The number of hydrogen-bond donors (Lipinski definition) is 0. The second-order valence-electron chi connectivity index (χ2n) is 5.64. The normalized spacial score (nSPS) is 12.1. The molecule has 2 heterocycles. The topological polar surface area (TPSA) is 76.3 Å². The van der Waals surface area contributed by atoms with E-state index in [1.807, 2.05) is 6.92 Å². The van der Waals surface area contributed by atoms with Crippen LogP contribution in [0.15, 0.2) is 58.1 Å². The highest BCUT2D eigenvalue weighted by Gasteiger charge is 2.21. The van der Waals surface area contributed by atoms with E-state index in [9.17, 15) is 9.59 Å². The molecule has 0 aliphatic rings. The van der Waals surface area contributed by atoms with Crippen LogP contribution in [-0.2, 0) is 6.42 Å². The number of aromatic nitrogens is 2. The fourth-order valence-electron chi connectivity index (χ4n) is 2.46. The maximum absolute atomic E-state index is 12.6. The lowest BCUT2D eigenvalue weighted by atomic mass is 10.1. The molecular formula is C18H17N3O3. The fourth-order valence-corrected chi connectivity index (χ4v) is 2.46. The molecule has 24 heavy (non-hydrogen) atoms. The Hall–Kier alpha value is -3.02. The Morgan fingerprint density at radius 2 is 2.08 bits per heavy atom. The molecule has 0 spiro atoms. The van der Waals surface area contributed by atoms with E-state index in [1.54, 1.807) is 54.8 Å². The first-order chi connectivity index (χ1) is 11.6. The summed E-state index contributed by atoms with van der Waals surface area (Å²) in [5, 5.41) is 0.462. The van der Waals surface area contributed by atoms with Gasteiger partial charge < -0.3 is 9.32 Å². The summed E-state index contributed by atoms with van der Waals surface area (Å²) in [4.78, 5) is 34.5. The van der Waals surface area contributed by atoms with Crippen LogP contribution in [-0.4, -0.2) is 33.9 Å². The molecule has 0 N–H and O–H groups in total. The number of para-hydroxylation sites is 1. The summed E-state index contributed by atoms with van der Waals surface area (Å²) in [6.07, 6.45) is 5.46. The minimum absolute atomic E-state index is 0.0344. The Morgan fingerprint density at radius 3 is 2.83 bits per heavy atom. The molecule has 3 aromatic rings. The van der Waals surface area contributed by atoms with E-state index in [0.29, 0.717) is 17.4 Å². The van der Waals surface area contributed by atoms with Crippen LogP contribution in [0, 0.1) is 0 Å². The van der Waals surface area contributed by atoms with Crippen LogP contribution in [0.3, 0.4) is 0 Å². The van der Waals surface area contributed by atoms with Crippen molar-refractivity contribution >= 4 is 16.9 Å². The molecule has 0 radical (unpaired) electrons. The predicted molar refractivity (Wildman–Crippen MR) is 89.8 cm³/mol.